The van der Waals surface area contributed by atoms with Crippen molar-refractivity contribution >= 4 is 0 Å². The molecular formula is C42H50N2OPt. The summed E-state index contributed by atoms with van der Waals surface area (Å²) >= 11 is 0. The standard InChI is InChI=1S/C42H50N2O.Pt/c1-27-18-39(43-25-29(27)3)34-19-33(31-12-15-41(5,6)16-13-31)21-36(22-34)45-35-11-9-10-32(20-35)40-23-38(30(4)26-44-40)37-14-17-42(7,8)24-28(37)2;/h9-11,18-19,21,23,25-26,28,31,37H,12-17,24H2,1-8H3;/q-2;+2. The zero-order valence-corrected chi connectivity index (χ0v) is 31.3. The second kappa shape index (κ2) is 13.8. The van der Waals surface area contributed by atoms with E-state index >= 15 is 0 Å². The number of hydrogen-bond acceptors (Lipinski definition) is 3. The summed E-state index contributed by atoms with van der Waals surface area (Å²) in [5.74, 6) is 3.14. The predicted octanol–water partition coefficient (Wildman–Crippen LogP) is 11.7. The molecule has 2 aliphatic carbocycles. The molecule has 2 fully saturated rings. The third-order valence-electron chi connectivity index (χ3n) is 10.8. The van der Waals surface area contributed by atoms with Gasteiger partial charge < -0.3 is 14.7 Å². The van der Waals surface area contributed by atoms with Crippen LogP contribution in [0.15, 0.2) is 54.9 Å². The van der Waals surface area contributed by atoms with Gasteiger partial charge in [-0.25, -0.2) is 0 Å². The molecule has 6 rings (SSSR count). The van der Waals surface area contributed by atoms with Crippen LogP contribution >= 0.6 is 0 Å². The number of aromatic nitrogens is 2. The number of aryl methyl sites for hydroxylation is 3. The van der Waals surface area contributed by atoms with Crippen LogP contribution in [0.1, 0.15) is 119 Å². The van der Waals surface area contributed by atoms with Gasteiger partial charge in [-0.2, -0.15) is 0 Å². The van der Waals surface area contributed by atoms with E-state index in [4.69, 9.17) is 14.7 Å². The van der Waals surface area contributed by atoms with Gasteiger partial charge in [-0.05, 0) is 122 Å². The molecule has 0 amide bonds. The second-order valence-corrected chi connectivity index (χ2v) is 15.7. The summed E-state index contributed by atoms with van der Waals surface area (Å²) in [5.41, 5.74) is 11.2. The molecule has 0 N–H and O–H groups in total. The number of ether oxygens (including phenoxy) is 1. The van der Waals surface area contributed by atoms with Crippen LogP contribution in [0.3, 0.4) is 0 Å². The van der Waals surface area contributed by atoms with Crippen LogP contribution in [0.2, 0.25) is 0 Å². The van der Waals surface area contributed by atoms with Crippen LogP contribution < -0.4 is 4.74 Å². The number of pyridine rings is 2. The molecule has 2 aromatic carbocycles. The Morgan fingerprint density at radius 1 is 0.717 bits per heavy atom. The first kappa shape index (κ1) is 34.6. The van der Waals surface area contributed by atoms with E-state index in [0.29, 0.717) is 34.3 Å². The molecule has 0 aliphatic heterocycles. The molecule has 0 radical (unpaired) electrons. The van der Waals surface area contributed by atoms with Crippen LogP contribution in [-0.2, 0) is 21.1 Å². The molecule has 244 valence electrons. The third-order valence-corrected chi connectivity index (χ3v) is 10.8. The van der Waals surface area contributed by atoms with Crippen LogP contribution in [0.5, 0.6) is 11.5 Å². The van der Waals surface area contributed by atoms with Crippen LogP contribution in [-0.4, -0.2) is 9.97 Å². The summed E-state index contributed by atoms with van der Waals surface area (Å²) in [6, 6.07) is 22.2. The van der Waals surface area contributed by atoms with E-state index in [1.807, 2.05) is 24.5 Å². The van der Waals surface area contributed by atoms with Crippen molar-refractivity contribution in [3.05, 3.63) is 94.8 Å². The van der Waals surface area contributed by atoms with Gasteiger partial charge in [-0.3, -0.25) is 0 Å². The largest absolute Gasteiger partial charge is 2.00 e. The Hall–Kier alpha value is -2.77. The molecule has 2 saturated carbocycles. The molecule has 46 heavy (non-hydrogen) atoms. The van der Waals surface area contributed by atoms with Gasteiger partial charge in [-0.1, -0.05) is 70.5 Å². The summed E-state index contributed by atoms with van der Waals surface area (Å²) in [6.07, 6.45) is 12.6. The van der Waals surface area contributed by atoms with E-state index in [2.05, 4.69) is 97.9 Å². The van der Waals surface area contributed by atoms with Crippen LogP contribution in [0.4, 0.5) is 0 Å². The second-order valence-electron chi connectivity index (χ2n) is 15.7. The number of benzene rings is 2. The van der Waals surface area contributed by atoms with Crippen molar-refractivity contribution in [1.29, 1.82) is 0 Å². The Labute approximate surface area is 292 Å². The zero-order valence-electron chi connectivity index (χ0n) is 29.0. The molecule has 0 saturated heterocycles. The van der Waals surface area contributed by atoms with Gasteiger partial charge in [0.2, 0.25) is 0 Å². The van der Waals surface area contributed by atoms with Crippen molar-refractivity contribution in [1.82, 2.24) is 9.97 Å². The van der Waals surface area contributed by atoms with Gasteiger partial charge in [0.15, 0.2) is 0 Å². The number of rotatable bonds is 6. The summed E-state index contributed by atoms with van der Waals surface area (Å²) in [4.78, 5) is 9.64. The Morgan fingerprint density at radius 3 is 2.07 bits per heavy atom. The van der Waals surface area contributed by atoms with Crippen molar-refractivity contribution in [3.63, 3.8) is 0 Å². The van der Waals surface area contributed by atoms with E-state index in [1.54, 1.807) is 0 Å². The maximum Gasteiger partial charge on any atom is 2.00 e. The molecule has 2 aromatic heterocycles. The smallest absolute Gasteiger partial charge is 0.497 e. The molecule has 2 unspecified atom stereocenters. The Balaban J connectivity index is 0.00000417. The maximum absolute atomic E-state index is 6.57. The SMILES string of the molecule is Cc1cnc(-c2[c-]c(Oc3[c-]c(-c4cc(C5CCC(C)(C)CC5C)c(C)cn4)ccc3)cc(C3CCC(C)(C)CC3)c2)cc1C.[Pt+2]. The van der Waals surface area contributed by atoms with Gasteiger partial charge >= 0.3 is 21.1 Å². The van der Waals surface area contributed by atoms with E-state index in [9.17, 15) is 0 Å². The van der Waals surface area contributed by atoms with Crippen molar-refractivity contribution in [2.45, 2.75) is 112 Å². The number of nitrogens with zero attached hydrogens (tertiary/aromatic N) is 2. The van der Waals surface area contributed by atoms with Gasteiger partial charge in [-0.15, -0.1) is 41.0 Å². The summed E-state index contributed by atoms with van der Waals surface area (Å²) in [7, 11) is 0. The Bertz CT molecular complexity index is 1680. The molecular weight excluding hydrogens is 744 g/mol. The fourth-order valence-corrected chi connectivity index (χ4v) is 7.77. The van der Waals surface area contributed by atoms with Crippen molar-refractivity contribution < 1.29 is 25.8 Å². The van der Waals surface area contributed by atoms with Gasteiger partial charge in [0, 0.05) is 23.9 Å². The minimum atomic E-state index is 0. The average Bonchev–Trinajstić information content (AvgIpc) is 2.99. The minimum Gasteiger partial charge on any atom is -0.497 e. The van der Waals surface area contributed by atoms with Gasteiger partial charge in [0.05, 0.1) is 0 Å². The molecule has 2 heterocycles. The van der Waals surface area contributed by atoms with Crippen LogP contribution in [0, 0.1) is 49.7 Å². The quantitative estimate of drug-likeness (QED) is 0.182. The topological polar surface area (TPSA) is 35.0 Å². The normalized spacial score (nSPS) is 21.0. The molecule has 0 bridgehead atoms. The minimum absolute atomic E-state index is 0. The summed E-state index contributed by atoms with van der Waals surface area (Å²) in [5, 5.41) is 0. The predicted molar refractivity (Wildman–Crippen MR) is 186 cm³/mol. The Morgan fingerprint density at radius 2 is 1.37 bits per heavy atom. The summed E-state index contributed by atoms with van der Waals surface area (Å²) < 4.78 is 6.57. The average molecular weight is 794 g/mol. The van der Waals surface area contributed by atoms with Crippen molar-refractivity contribution in [2.24, 2.45) is 16.7 Å². The van der Waals surface area contributed by atoms with Crippen molar-refractivity contribution in [3.8, 4) is 34.0 Å². The first-order chi connectivity index (χ1) is 21.4. The first-order valence-corrected chi connectivity index (χ1v) is 17.0. The fourth-order valence-electron chi connectivity index (χ4n) is 7.77. The maximum atomic E-state index is 6.57. The van der Waals surface area contributed by atoms with E-state index in [1.165, 1.54) is 72.8 Å². The molecule has 0 spiro atoms. The molecule has 2 aliphatic rings. The van der Waals surface area contributed by atoms with E-state index in [0.717, 1.165) is 28.3 Å². The van der Waals surface area contributed by atoms with Gasteiger partial charge in [0.25, 0.3) is 0 Å². The van der Waals surface area contributed by atoms with E-state index in [-0.39, 0.29) is 21.1 Å². The monoisotopic (exact) mass is 793 g/mol. The molecule has 2 atom stereocenters. The molecule has 3 nitrogen and oxygen atoms in total. The first-order valence-electron chi connectivity index (χ1n) is 17.0. The van der Waals surface area contributed by atoms with Crippen LogP contribution in [0.25, 0.3) is 22.5 Å². The molecule has 4 aromatic rings. The number of hydrogen-bond donors (Lipinski definition) is 0. The zero-order chi connectivity index (χ0) is 31.9. The van der Waals surface area contributed by atoms with Gasteiger partial charge in [0.1, 0.15) is 0 Å². The molecule has 4 heteroatoms. The van der Waals surface area contributed by atoms with E-state index < -0.39 is 0 Å². The summed E-state index contributed by atoms with van der Waals surface area (Å²) in [6.45, 7) is 18.5. The Kier molecular flexibility index (Phi) is 10.3. The fraction of sp³-hybridized carbons (Fsp3) is 0.476. The van der Waals surface area contributed by atoms with Crippen molar-refractivity contribution in [2.75, 3.05) is 0 Å². The third kappa shape index (κ3) is 7.84.